The van der Waals surface area contributed by atoms with Gasteiger partial charge >= 0.3 is 0 Å². The normalized spacial score (nSPS) is 18.2. The number of hydrogen-bond donors (Lipinski definition) is 1. The van der Waals surface area contributed by atoms with Gasteiger partial charge < -0.3 is 9.67 Å². The summed E-state index contributed by atoms with van der Waals surface area (Å²) in [6.07, 6.45) is 4.99. The number of aromatic nitrogens is 3. The Morgan fingerprint density at radius 3 is 2.71 bits per heavy atom. The van der Waals surface area contributed by atoms with Gasteiger partial charge in [-0.3, -0.25) is 0 Å². The lowest BCUT2D eigenvalue weighted by Crippen LogP contribution is -2.02. The van der Waals surface area contributed by atoms with Crippen molar-refractivity contribution in [1.82, 2.24) is 14.8 Å². The van der Waals surface area contributed by atoms with Gasteiger partial charge in [-0.15, -0.1) is 10.2 Å². The third-order valence-electron chi connectivity index (χ3n) is 4.13. The first-order valence-electron chi connectivity index (χ1n) is 7.59. The number of benzene rings is 1. The monoisotopic (exact) mass is 301 g/mol. The third kappa shape index (κ3) is 2.60. The van der Waals surface area contributed by atoms with Crippen LogP contribution in [0.5, 0.6) is 0 Å². The number of nitrogens with zero attached hydrogens (tertiary/aromatic N) is 3. The van der Waals surface area contributed by atoms with Crippen molar-refractivity contribution >= 4 is 11.8 Å². The van der Waals surface area contributed by atoms with Crippen molar-refractivity contribution in [1.29, 1.82) is 0 Å². The van der Waals surface area contributed by atoms with Gasteiger partial charge in [-0.05, 0) is 56.0 Å². The van der Waals surface area contributed by atoms with E-state index in [0.29, 0.717) is 12.0 Å². The molecule has 2 fully saturated rings. The maximum atomic E-state index is 9.56. The molecule has 2 saturated carbocycles. The molecule has 0 unspecified atom stereocenters. The summed E-state index contributed by atoms with van der Waals surface area (Å²) in [5, 5.41) is 19.4. The zero-order valence-electron chi connectivity index (χ0n) is 12.1. The van der Waals surface area contributed by atoms with E-state index in [9.17, 15) is 5.11 Å². The zero-order chi connectivity index (χ0) is 14.4. The summed E-state index contributed by atoms with van der Waals surface area (Å²) >= 11 is 1.64. The lowest BCUT2D eigenvalue weighted by atomic mass is 10.1. The number of aryl methyl sites for hydroxylation is 1. The van der Waals surface area contributed by atoms with Crippen LogP contribution in [-0.2, 0) is 6.61 Å². The molecule has 1 aromatic carbocycles. The van der Waals surface area contributed by atoms with E-state index in [2.05, 4.69) is 26.9 Å². The average Bonchev–Trinajstić information content (AvgIpc) is 3.40. The fourth-order valence-corrected chi connectivity index (χ4v) is 3.69. The molecule has 0 saturated heterocycles. The summed E-state index contributed by atoms with van der Waals surface area (Å²) in [4.78, 5) is 1.08. The van der Waals surface area contributed by atoms with Crippen LogP contribution in [0.15, 0.2) is 28.3 Å². The molecule has 0 spiro atoms. The molecular formula is C16H19N3OS. The van der Waals surface area contributed by atoms with Crippen LogP contribution in [0.25, 0.3) is 0 Å². The van der Waals surface area contributed by atoms with Crippen molar-refractivity contribution in [2.75, 3.05) is 0 Å². The minimum Gasteiger partial charge on any atom is -0.392 e. The molecule has 110 valence electrons. The van der Waals surface area contributed by atoms with Crippen LogP contribution < -0.4 is 0 Å². The van der Waals surface area contributed by atoms with Gasteiger partial charge in [-0.1, -0.05) is 17.7 Å². The predicted molar refractivity (Wildman–Crippen MR) is 81.5 cm³/mol. The molecule has 0 amide bonds. The van der Waals surface area contributed by atoms with Gasteiger partial charge in [0.05, 0.1) is 6.61 Å². The first-order valence-corrected chi connectivity index (χ1v) is 8.41. The topological polar surface area (TPSA) is 50.9 Å². The van der Waals surface area contributed by atoms with E-state index in [1.165, 1.54) is 37.1 Å². The third-order valence-corrected chi connectivity index (χ3v) is 5.21. The number of rotatable bonds is 5. The molecule has 21 heavy (non-hydrogen) atoms. The molecule has 1 heterocycles. The first kappa shape index (κ1) is 13.3. The van der Waals surface area contributed by atoms with Gasteiger partial charge in [-0.2, -0.15) is 0 Å². The second-order valence-electron chi connectivity index (χ2n) is 6.09. The van der Waals surface area contributed by atoms with Crippen LogP contribution in [0, 0.1) is 6.92 Å². The minimum atomic E-state index is 0.0665. The van der Waals surface area contributed by atoms with Crippen molar-refractivity contribution in [3.8, 4) is 0 Å². The fourth-order valence-electron chi connectivity index (χ4n) is 2.68. The maximum absolute atomic E-state index is 9.56. The maximum Gasteiger partial charge on any atom is 0.196 e. The zero-order valence-corrected chi connectivity index (χ0v) is 12.9. The summed E-state index contributed by atoms with van der Waals surface area (Å²) in [5.41, 5.74) is 2.14. The van der Waals surface area contributed by atoms with Gasteiger partial charge in [0.2, 0.25) is 0 Å². The molecule has 5 heteroatoms. The average molecular weight is 301 g/mol. The van der Waals surface area contributed by atoms with E-state index in [1.807, 2.05) is 13.0 Å². The highest BCUT2D eigenvalue weighted by Gasteiger charge is 2.36. The van der Waals surface area contributed by atoms with Crippen LogP contribution >= 0.6 is 11.8 Å². The summed E-state index contributed by atoms with van der Waals surface area (Å²) < 4.78 is 2.35. The van der Waals surface area contributed by atoms with Gasteiger partial charge in [0.25, 0.3) is 0 Å². The standard InChI is InChI=1S/C16H19N3OS/c1-10-2-7-14(12(8-10)9-20)21-16-18-17-15(11-3-4-11)19(16)13-5-6-13/h2,7-8,11,13,20H,3-6,9H2,1H3. The Balaban J connectivity index is 1.68. The van der Waals surface area contributed by atoms with E-state index >= 15 is 0 Å². The lowest BCUT2D eigenvalue weighted by molar-refractivity contribution is 0.279. The first-order chi connectivity index (χ1) is 10.3. The van der Waals surface area contributed by atoms with E-state index in [-0.39, 0.29) is 6.61 Å². The van der Waals surface area contributed by atoms with E-state index in [4.69, 9.17) is 0 Å². The van der Waals surface area contributed by atoms with Crippen molar-refractivity contribution in [2.45, 2.75) is 61.2 Å². The van der Waals surface area contributed by atoms with E-state index < -0.39 is 0 Å². The fraction of sp³-hybridized carbons (Fsp3) is 0.500. The molecule has 2 aliphatic carbocycles. The van der Waals surface area contributed by atoms with Crippen molar-refractivity contribution in [3.63, 3.8) is 0 Å². The van der Waals surface area contributed by atoms with Crippen LogP contribution in [0.3, 0.4) is 0 Å². The molecule has 2 aliphatic rings. The van der Waals surface area contributed by atoms with E-state index in [0.717, 1.165) is 15.6 Å². The highest BCUT2D eigenvalue weighted by molar-refractivity contribution is 7.99. The number of aliphatic hydroxyl groups is 1. The molecule has 1 aromatic heterocycles. The largest absolute Gasteiger partial charge is 0.392 e. The van der Waals surface area contributed by atoms with Crippen molar-refractivity contribution in [3.05, 3.63) is 35.2 Å². The van der Waals surface area contributed by atoms with Gasteiger partial charge in [-0.25, -0.2) is 0 Å². The van der Waals surface area contributed by atoms with Crippen molar-refractivity contribution in [2.24, 2.45) is 0 Å². The van der Waals surface area contributed by atoms with Crippen LogP contribution in [0.2, 0.25) is 0 Å². The highest BCUT2D eigenvalue weighted by atomic mass is 32.2. The van der Waals surface area contributed by atoms with Crippen LogP contribution in [0.1, 0.15) is 54.6 Å². The SMILES string of the molecule is Cc1ccc(Sc2nnc(C3CC3)n2C2CC2)c(CO)c1. The van der Waals surface area contributed by atoms with Gasteiger partial charge in [0.1, 0.15) is 5.82 Å². The Labute approximate surface area is 128 Å². The molecule has 0 atom stereocenters. The molecule has 0 radical (unpaired) electrons. The summed E-state index contributed by atoms with van der Waals surface area (Å²) in [6, 6.07) is 6.80. The minimum absolute atomic E-state index is 0.0665. The molecule has 0 aliphatic heterocycles. The number of aliphatic hydroxyl groups excluding tert-OH is 1. The Morgan fingerprint density at radius 2 is 2.05 bits per heavy atom. The molecule has 4 nitrogen and oxygen atoms in total. The molecule has 2 aromatic rings. The number of hydrogen-bond acceptors (Lipinski definition) is 4. The molecule has 1 N–H and O–H groups in total. The van der Waals surface area contributed by atoms with Gasteiger partial charge in [0.15, 0.2) is 5.16 Å². The molecule has 0 bridgehead atoms. The Bertz CT molecular complexity index is 674. The smallest absolute Gasteiger partial charge is 0.196 e. The predicted octanol–water partition coefficient (Wildman–Crippen LogP) is 3.44. The second-order valence-corrected chi connectivity index (χ2v) is 7.10. The van der Waals surface area contributed by atoms with Gasteiger partial charge in [0, 0.05) is 16.9 Å². The summed E-state index contributed by atoms with van der Waals surface area (Å²) in [5.74, 6) is 1.81. The lowest BCUT2D eigenvalue weighted by Gasteiger charge is -2.10. The molecule has 4 rings (SSSR count). The Kier molecular flexibility index (Phi) is 3.27. The van der Waals surface area contributed by atoms with Crippen LogP contribution in [-0.4, -0.2) is 19.9 Å². The van der Waals surface area contributed by atoms with Crippen molar-refractivity contribution < 1.29 is 5.11 Å². The quantitative estimate of drug-likeness (QED) is 0.919. The molecular weight excluding hydrogens is 282 g/mol. The second kappa shape index (κ2) is 5.14. The van der Waals surface area contributed by atoms with Crippen LogP contribution in [0.4, 0.5) is 0 Å². The van der Waals surface area contributed by atoms with E-state index in [1.54, 1.807) is 11.8 Å². The Morgan fingerprint density at radius 1 is 1.24 bits per heavy atom. The highest BCUT2D eigenvalue weighted by Crippen LogP contribution is 2.46. The summed E-state index contributed by atoms with van der Waals surface area (Å²) in [7, 11) is 0. The Hall–Kier alpha value is -1.33. The summed E-state index contributed by atoms with van der Waals surface area (Å²) in [6.45, 7) is 2.11.